The zero-order chi connectivity index (χ0) is 6.53. The highest BCUT2D eigenvalue weighted by molar-refractivity contribution is 4.68. The second kappa shape index (κ2) is 3.86. The minimum Gasteiger partial charge on any atom is -0.251 e. The molecular formula is C8H15F. The fraction of sp³-hybridized carbons (Fsp3) is 1.00. The van der Waals surface area contributed by atoms with Crippen LogP contribution in [0, 0.1) is 5.92 Å². The van der Waals surface area contributed by atoms with Crippen molar-refractivity contribution >= 4 is 0 Å². The monoisotopic (exact) mass is 130 g/mol. The van der Waals surface area contributed by atoms with Gasteiger partial charge in [-0.25, -0.2) is 0 Å². The van der Waals surface area contributed by atoms with Crippen molar-refractivity contribution in [1.82, 2.24) is 0 Å². The van der Waals surface area contributed by atoms with Crippen LogP contribution in [-0.2, 0) is 0 Å². The molecule has 54 valence electrons. The van der Waals surface area contributed by atoms with E-state index in [-0.39, 0.29) is 6.67 Å². The van der Waals surface area contributed by atoms with Gasteiger partial charge in [0.05, 0.1) is 6.67 Å². The number of alkyl halides is 1. The molecule has 1 saturated carbocycles. The van der Waals surface area contributed by atoms with Gasteiger partial charge in [-0.2, -0.15) is 0 Å². The highest BCUT2D eigenvalue weighted by atomic mass is 19.1. The molecule has 0 atom stereocenters. The molecule has 9 heavy (non-hydrogen) atoms. The number of halogens is 1. The predicted molar refractivity (Wildman–Crippen MR) is 37.2 cm³/mol. The zero-order valence-electron chi connectivity index (χ0n) is 5.91. The summed E-state index contributed by atoms with van der Waals surface area (Å²) < 4.78 is 11.6. The van der Waals surface area contributed by atoms with Crippen molar-refractivity contribution in [2.45, 2.75) is 38.5 Å². The van der Waals surface area contributed by atoms with Crippen LogP contribution in [-0.4, -0.2) is 6.67 Å². The summed E-state index contributed by atoms with van der Waals surface area (Å²) in [5, 5.41) is 0. The summed E-state index contributed by atoms with van der Waals surface area (Å²) in [6.45, 7) is -0.118. The highest BCUT2D eigenvalue weighted by Gasteiger charge is 2.15. The van der Waals surface area contributed by atoms with Crippen molar-refractivity contribution in [3.05, 3.63) is 0 Å². The highest BCUT2D eigenvalue weighted by Crippen LogP contribution is 2.30. The van der Waals surface area contributed by atoms with E-state index in [9.17, 15) is 4.39 Å². The van der Waals surface area contributed by atoms with Crippen molar-refractivity contribution in [3.63, 3.8) is 0 Å². The van der Waals surface area contributed by atoms with Crippen LogP contribution in [0.15, 0.2) is 0 Å². The van der Waals surface area contributed by atoms with Gasteiger partial charge in [-0.3, -0.25) is 4.39 Å². The maximum absolute atomic E-state index is 11.6. The number of hydrogen-bond acceptors (Lipinski definition) is 0. The zero-order valence-corrected chi connectivity index (χ0v) is 5.91. The average Bonchev–Trinajstić information content (AvgIpc) is 1.76. The molecule has 1 rings (SSSR count). The lowest BCUT2D eigenvalue weighted by atomic mass is 9.82. The first-order valence-corrected chi connectivity index (χ1v) is 3.99. The van der Waals surface area contributed by atoms with E-state index in [1.807, 2.05) is 0 Å². The van der Waals surface area contributed by atoms with Crippen LogP contribution in [0.4, 0.5) is 4.39 Å². The van der Waals surface area contributed by atoms with Crippen LogP contribution in [0.3, 0.4) is 0 Å². The third-order valence-electron chi connectivity index (χ3n) is 2.22. The Balaban J connectivity index is 1.80. The van der Waals surface area contributed by atoms with E-state index in [4.69, 9.17) is 0 Å². The van der Waals surface area contributed by atoms with Crippen LogP contribution in [0.5, 0.6) is 0 Å². The molecule has 0 aliphatic heterocycles. The lowest BCUT2D eigenvalue weighted by molar-refractivity contribution is 0.282. The van der Waals surface area contributed by atoms with Gasteiger partial charge in [0.2, 0.25) is 0 Å². The molecule has 0 spiro atoms. The fourth-order valence-corrected chi connectivity index (χ4v) is 1.31. The molecule has 0 aromatic carbocycles. The van der Waals surface area contributed by atoms with Crippen molar-refractivity contribution in [2.24, 2.45) is 5.92 Å². The van der Waals surface area contributed by atoms with Gasteiger partial charge in [0.15, 0.2) is 0 Å². The van der Waals surface area contributed by atoms with Gasteiger partial charge in [-0.15, -0.1) is 0 Å². The summed E-state index contributed by atoms with van der Waals surface area (Å²) in [4.78, 5) is 0. The van der Waals surface area contributed by atoms with Crippen molar-refractivity contribution in [3.8, 4) is 0 Å². The molecule has 0 nitrogen and oxygen atoms in total. The first-order valence-electron chi connectivity index (χ1n) is 3.99. The van der Waals surface area contributed by atoms with E-state index in [0.29, 0.717) is 0 Å². The van der Waals surface area contributed by atoms with E-state index >= 15 is 0 Å². The minimum absolute atomic E-state index is 0.118. The lowest BCUT2D eigenvalue weighted by Gasteiger charge is -2.24. The third kappa shape index (κ3) is 2.33. The van der Waals surface area contributed by atoms with E-state index in [0.717, 1.165) is 18.8 Å². The van der Waals surface area contributed by atoms with Crippen LogP contribution >= 0.6 is 0 Å². The molecule has 0 N–H and O–H groups in total. The summed E-state index contributed by atoms with van der Waals surface area (Å²) in [6.07, 6.45) is 7.42. The van der Waals surface area contributed by atoms with Gasteiger partial charge in [-0.05, 0) is 12.3 Å². The summed E-state index contributed by atoms with van der Waals surface area (Å²) in [5.74, 6) is 0.969. The summed E-state index contributed by atoms with van der Waals surface area (Å²) >= 11 is 0. The first-order chi connectivity index (χ1) is 4.43. The molecule has 0 amide bonds. The maximum Gasteiger partial charge on any atom is 0.0894 e. The van der Waals surface area contributed by atoms with Crippen LogP contribution < -0.4 is 0 Å². The third-order valence-corrected chi connectivity index (χ3v) is 2.22. The van der Waals surface area contributed by atoms with Crippen LogP contribution in [0.25, 0.3) is 0 Å². The van der Waals surface area contributed by atoms with E-state index in [2.05, 4.69) is 0 Å². The van der Waals surface area contributed by atoms with Crippen LogP contribution in [0.1, 0.15) is 38.5 Å². The summed E-state index contributed by atoms with van der Waals surface area (Å²) in [5.41, 5.74) is 0. The van der Waals surface area contributed by atoms with E-state index < -0.39 is 0 Å². The number of rotatable bonds is 4. The van der Waals surface area contributed by atoms with E-state index in [1.165, 1.54) is 25.7 Å². The van der Waals surface area contributed by atoms with Gasteiger partial charge in [0.1, 0.15) is 0 Å². The molecule has 1 fully saturated rings. The largest absolute Gasteiger partial charge is 0.251 e. The van der Waals surface area contributed by atoms with Gasteiger partial charge in [-0.1, -0.05) is 32.1 Å². The minimum atomic E-state index is -0.118. The maximum atomic E-state index is 11.6. The first kappa shape index (κ1) is 7.04. The summed E-state index contributed by atoms with van der Waals surface area (Å²) in [6, 6.07) is 0. The average molecular weight is 130 g/mol. The van der Waals surface area contributed by atoms with Crippen molar-refractivity contribution < 1.29 is 4.39 Å². The number of hydrogen-bond donors (Lipinski definition) is 0. The second-order valence-corrected chi connectivity index (χ2v) is 2.98. The molecule has 0 bridgehead atoms. The van der Waals surface area contributed by atoms with Gasteiger partial charge < -0.3 is 0 Å². The Morgan fingerprint density at radius 1 is 1.22 bits per heavy atom. The molecule has 0 unspecified atom stereocenters. The fourth-order valence-electron chi connectivity index (χ4n) is 1.31. The molecule has 0 aromatic heterocycles. The topological polar surface area (TPSA) is 0 Å². The SMILES string of the molecule is FCCCCC1CCC1. The molecule has 1 aliphatic rings. The molecule has 0 aromatic rings. The molecule has 0 heterocycles. The predicted octanol–water partition coefficient (Wildman–Crippen LogP) is 2.93. The molecule has 1 aliphatic carbocycles. The molecule has 0 saturated heterocycles. The lowest BCUT2D eigenvalue weighted by Crippen LogP contribution is -2.10. The van der Waals surface area contributed by atoms with E-state index in [1.54, 1.807) is 0 Å². The van der Waals surface area contributed by atoms with Gasteiger partial charge in [0, 0.05) is 0 Å². The quantitative estimate of drug-likeness (QED) is 0.513. The van der Waals surface area contributed by atoms with Crippen molar-refractivity contribution in [1.29, 1.82) is 0 Å². The Hall–Kier alpha value is -0.0700. The normalized spacial score (nSPS) is 19.7. The van der Waals surface area contributed by atoms with Gasteiger partial charge in [0.25, 0.3) is 0 Å². The Morgan fingerprint density at radius 2 is 2.00 bits per heavy atom. The van der Waals surface area contributed by atoms with Gasteiger partial charge >= 0.3 is 0 Å². The van der Waals surface area contributed by atoms with Crippen molar-refractivity contribution in [2.75, 3.05) is 6.67 Å². The summed E-state index contributed by atoms with van der Waals surface area (Å²) in [7, 11) is 0. The molecule has 0 radical (unpaired) electrons. The molecular weight excluding hydrogens is 115 g/mol. The Labute approximate surface area is 56.5 Å². The standard InChI is InChI=1S/C8H15F/c9-7-2-1-4-8-5-3-6-8/h8H,1-7H2. The molecule has 1 heteroatoms. The smallest absolute Gasteiger partial charge is 0.0894 e. The number of unbranched alkanes of at least 4 members (excludes halogenated alkanes) is 1. The Morgan fingerprint density at radius 3 is 2.44 bits per heavy atom. The van der Waals surface area contributed by atoms with Crippen LogP contribution in [0.2, 0.25) is 0 Å². The Kier molecular flexibility index (Phi) is 3.02. The second-order valence-electron chi connectivity index (χ2n) is 2.98. The Bertz CT molecular complexity index is 67.0.